The van der Waals surface area contributed by atoms with Gasteiger partial charge in [0.1, 0.15) is 5.78 Å². The van der Waals surface area contributed by atoms with Gasteiger partial charge in [0.2, 0.25) is 11.9 Å². The van der Waals surface area contributed by atoms with Gasteiger partial charge in [0.05, 0.1) is 0 Å². The lowest BCUT2D eigenvalue weighted by Gasteiger charge is -2.39. The van der Waals surface area contributed by atoms with Crippen molar-refractivity contribution in [3.8, 4) is 0 Å². The first-order valence-electron chi connectivity index (χ1n) is 11.9. The van der Waals surface area contributed by atoms with Gasteiger partial charge in [-0.05, 0) is 45.6 Å². The molecule has 0 N–H and O–H groups in total. The van der Waals surface area contributed by atoms with Gasteiger partial charge in [-0.3, -0.25) is 9.59 Å². The summed E-state index contributed by atoms with van der Waals surface area (Å²) in [6.07, 6.45) is 9.48. The van der Waals surface area contributed by atoms with Gasteiger partial charge in [0, 0.05) is 74.5 Å². The van der Waals surface area contributed by atoms with Crippen LogP contribution in [-0.4, -0.2) is 70.7 Å². The van der Waals surface area contributed by atoms with E-state index in [9.17, 15) is 9.59 Å². The lowest BCUT2D eigenvalue weighted by Crippen LogP contribution is -2.53. The van der Waals surface area contributed by atoms with Crippen LogP contribution < -0.4 is 4.90 Å². The Bertz CT molecular complexity index is 774. The summed E-state index contributed by atoms with van der Waals surface area (Å²) in [5.41, 5.74) is 0.963. The molecule has 3 fully saturated rings. The zero-order valence-electron chi connectivity index (χ0n) is 19.5. The van der Waals surface area contributed by atoms with Crippen molar-refractivity contribution in [3.63, 3.8) is 0 Å². The molecule has 1 aliphatic carbocycles. The normalized spacial score (nSPS) is 28.7. The molecule has 31 heavy (non-hydrogen) atoms. The van der Waals surface area contributed by atoms with Crippen molar-refractivity contribution in [2.45, 2.75) is 71.0 Å². The average Bonchev–Trinajstić information content (AvgIpc) is 3.04. The van der Waals surface area contributed by atoms with E-state index in [1.807, 2.05) is 33.3 Å². The van der Waals surface area contributed by atoms with Crippen molar-refractivity contribution in [1.82, 2.24) is 19.8 Å². The average molecular weight is 428 g/mol. The Labute approximate surface area is 186 Å². The van der Waals surface area contributed by atoms with Crippen LogP contribution in [0.2, 0.25) is 0 Å². The number of ketones is 1. The molecule has 7 nitrogen and oxygen atoms in total. The van der Waals surface area contributed by atoms with Crippen molar-refractivity contribution < 1.29 is 9.59 Å². The van der Waals surface area contributed by atoms with Gasteiger partial charge in [-0.25, -0.2) is 9.97 Å². The number of hydrogen-bond acceptors (Lipinski definition) is 6. The van der Waals surface area contributed by atoms with Gasteiger partial charge in [-0.15, -0.1) is 0 Å². The van der Waals surface area contributed by atoms with Gasteiger partial charge in [0.15, 0.2) is 0 Å². The molecule has 170 valence electrons. The number of fused-ring (bicyclic) bond motifs is 2. The number of piperazine rings is 1. The molecule has 2 saturated heterocycles. The minimum atomic E-state index is 0.0300. The predicted molar refractivity (Wildman–Crippen MR) is 121 cm³/mol. The highest BCUT2D eigenvalue weighted by molar-refractivity contribution is 5.83. The second-order valence-electron chi connectivity index (χ2n) is 10.2. The predicted octanol–water partition coefficient (Wildman–Crippen LogP) is 2.75. The maximum absolute atomic E-state index is 12.9. The quantitative estimate of drug-likeness (QED) is 0.695. The number of amides is 1. The minimum absolute atomic E-state index is 0.0300. The number of carbonyl (C=O) groups is 2. The molecular formula is C24H37N5O2. The van der Waals surface area contributed by atoms with Crippen LogP contribution in [0.5, 0.6) is 0 Å². The summed E-state index contributed by atoms with van der Waals surface area (Å²) in [6.45, 7) is 6.61. The molecule has 1 aromatic rings. The van der Waals surface area contributed by atoms with E-state index in [2.05, 4.69) is 26.8 Å². The van der Waals surface area contributed by atoms with Crippen LogP contribution in [0, 0.1) is 17.8 Å². The fraction of sp³-hybridized carbons (Fsp3) is 0.750. The molecule has 3 heterocycles. The maximum atomic E-state index is 12.9. The molecule has 2 bridgehead atoms. The number of aromatic nitrogens is 2. The van der Waals surface area contributed by atoms with Crippen molar-refractivity contribution >= 4 is 17.6 Å². The van der Waals surface area contributed by atoms with Crippen LogP contribution in [0.1, 0.15) is 57.9 Å². The van der Waals surface area contributed by atoms with Crippen molar-refractivity contribution in [1.29, 1.82) is 0 Å². The fourth-order valence-electron chi connectivity index (χ4n) is 5.76. The first-order chi connectivity index (χ1) is 14.8. The van der Waals surface area contributed by atoms with E-state index < -0.39 is 0 Å². The van der Waals surface area contributed by atoms with Gasteiger partial charge in [-0.2, -0.15) is 0 Å². The zero-order chi connectivity index (χ0) is 22.1. The van der Waals surface area contributed by atoms with Crippen molar-refractivity contribution in [2.24, 2.45) is 17.8 Å². The highest BCUT2D eigenvalue weighted by Gasteiger charge is 2.40. The highest BCUT2D eigenvalue weighted by atomic mass is 16.2. The SMILES string of the molecule is CC(C)C(=O)[C@H]1CC[C@H](C(=O)N(C)Cc2cnc(N3C4CCC3CN(C)C4)nc2)CC1. The largest absolute Gasteiger partial charge is 0.341 e. The summed E-state index contributed by atoms with van der Waals surface area (Å²) in [5, 5.41) is 0. The molecule has 0 radical (unpaired) electrons. The van der Waals surface area contributed by atoms with Crippen molar-refractivity contribution in [3.05, 3.63) is 18.0 Å². The van der Waals surface area contributed by atoms with E-state index in [1.165, 1.54) is 12.8 Å². The number of rotatable bonds is 6. The Morgan fingerprint density at radius 1 is 1.00 bits per heavy atom. The second-order valence-corrected chi connectivity index (χ2v) is 10.2. The number of likely N-dealkylation sites (tertiary alicyclic amines) is 1. The van der Waals surface area contributed by atoms with Crippen molar-refractivity contribution in [2.75, 3.05) is 32.1 Å². The molecule has 7 heteroatoms. The van der Waals surface area contributed by atoms with E-state index >= 15 is 0 Å². The van der Waals surface area contributed by atoms with E-state index in [4.69, 9.17) is 0 Å². The molecule has 4 rings (SSSR count). The van der Waals surface area contributed by atoms with Crippen LogP contribution in [0.3, 0.4) is 0 Å². The molecule has 1 aromatic heterocycles. The number of likely N-dealkylation sites (N-methyl/N-ethyl adjacent to an activating group) is 1. The lowest BCUT2D eigenvalue weighted by atomic mass is 9.77. The fourth-order valence-corrected chi connectivity index (χ4v) is 5.76. The van der Waals surface area contributed by atoms with Crippen LogP contribution in [0.25, 0.3) is 0 Å². The Kier molecular flexibility index (Phi) is 6.60. The molecule has 0 aromatic carbocycles. The second kappa shape index (κ2) is 9.23. The smallest absolute Gasteiger partial charge is 0.225 e. The number of hydrogen-bond donors (Lipinski definition) is 0. The van der Waals surface area contributed by atoms with Crippen LogP contribution in [0.4, 0.5) is 5.95 Å². The van der Waals surface area contributed by atoms with E-state index in [-0.39, 0.29) is 23.7 Å². The highest BCUT2D eigenvalue weighted by Crippen LogP contribution is 2.33. The molecule has 2 aliphatic heterocycles. The summed E-state index contributed by atoms with van der Waals surface area (Å²) in [7, 11) is 4.05. The van der Waals surface area contributed by atoms with E-state index in [0.29, 0.717) is 24.4 Å². The molecule has 0 spiro atoms. The summed E-state index contributed by atoms with van der Waals surface area (Å²) in [6, 6.07) is 1.02. The molecule has 3 aliphatic rings. The van der Waals surface area contributed by atoms with Gasteiger partial charge in [-0.1, -0.05) is 13.8 Å². The van der Waals surface area contributed by atoms with E-state index in [0.717, 1.165) is 50.3 Å². The van der Waals surface area contributed by atoms with Crippen LogP contribution in [0.15, 0.2) is 12.4 Å². The van der Waals surface area contributed by atoms with Gasteiger partial charge >= 0.3 is 0 Å². The Morgan fingerprint density at radius 2 is 1.55 bits per heavy atom. The third kappa shape index (κ3) is 4.76. The topological polar surface area (TPSA) is 69.6 Å². The zero-order valence-corrected chi connectivity index (χ0v) is 19.5. The van der Waals surface area contributed by atoms with E-state index in [1.54, 1.807) is 4.90 Å². The Balaban J connectivity index is 1.30. The van der Waals surface area contributed by atoms with Crippen LogP contribution >= 0.6 is 0 Å². The standard InChI is InChI=1S/C24H37N5O2/c1-16(2)22(30)18-5-7-19(8-6-18)23(31)28(4)13-17-11-25-24(26-12-17)29-20-9-10-21(29)15-27(3)14-20/h11-12,16,18-21H,5-10,13-15H2,1-4H3/t18-,19-,20?,21?. The van der Waals surface area contributed by atoms with Crippen LogP contribution in [-0.2, 0) is 16.1 Å². The van der Waals surface area contributed by atoms with Gasteiger partial charge < -0.3 is 14.7 Å². The summed E-state index contributed by atoms with van der Waals surface area (Å²) in [4.78, 5) is 41.1. The first kappa shape index (κ1) is 22.2. The first-order valence-corrected chi connectivity index (χ1v) is 11.9. The summed E-state index contributed by atoms with van der Waals surface area (Å²) >= 11 is 0. The Morgan fingerprint density at radius 3 is 2.10 bits per heavy atom. The number of Topliss-reactive ketones (excluding diaryl/α,β-unsaturated/α-hetero) is 1. The Hall–Kier alpha value is -2.02. The number of carbonyl (C=O) groups excluding carboxylic acids is 2. The summed E-state index contributed by atoms with van der Waals surface area (Å²) < 4.78 is 0. The minimum Gasteiger partial charge on any atom is -0.341 e. The summed E-state index contributed by atoms with van der Waals surface area (Å²) in [5.74, 6) is 1.61. The number of anilines is 1. The third-order valence-electron chi connectivity index (χ3n) is 7.43. The molecular weight excluding hydrogens is 390 g/mol. The number of nitrogens with zero attached hydrogens (tertiary/aromatic N) is 5. The maximum Gasteiger partial charge on any atom is 0.225 e. The lowest BCUT2D eigenvalue weighted by molar-refractivity contribution is -0.137. The van der Waals surface area contributed by atoms with Gasteiger partial charge in [0.25, 0.3) is 0 Å². The monoisotopic (exact) mass is 427 g/mol. The molecule has 2 atom stereocenters. The molecule has 1 amide bonds. The third-order valence-corrected chi connectivity index (χ3v) is 7.43. The molecule has 1 saturated carbocycles. The molecule has 2 unspecified atom stereocenters.